The molecule has 0 fully saturated rings. The normalized spacial score (nSPS) is 11.5. The number of hydrogen-bond acceptors (Lipinski definition) is 4. The summed E-state index contributed by atoms with van der Waals surface area (Å²) in [6.07, 6.45) is 2.53. The number of rotatable bonds is 8. The Morgan fingerprint density at radius 1 is 1.23 bits per heavy atom. The zero-order valence-corrected chi connectivity index (χ0v) is 15.3. The molecular weight excluding hydrogens is 330 g/mol. The summed E-state index contributed by atoms with van der Waals surface area (Å²) in [7, 11) is 0. The zero-order valence-electron chi connectivity index (χ0n) is 15.3. The Bertz CT molecular complexity index is 955. The van der Waals surface area contributed by atoms with Crippen LogP contribution in [0.2, 0.25) is 0 Å². The van der Waals surface area contributed by atoms with Gasteiger partial charge >= 0.3 is 0 Å². The van der Waals surface area contributed by atoms with Gasteiger partial charge in [0.05, 0.1) is 6.20 Å². The largest absolute Gasteiger partial charge is 0.354 e. The van der Waals surface area contributed by atoms with E-state index < -0.39 is 0 Å². The number of benzene rings is 1. The average Bonchev–Trinajstić information content (AvgIpc) is 3.04. The first kappa shape index (κ1) is 18.1. The Hall–Kier alpha value is -2.67. The molecule has 0 aliphatic rings. The maximum atomic E-state index is 12.6. The average molecular weight is 355 g/mol. The first-order valence-corrected chi connectivity index (χ1v) is 9.09. The molecule has 26 heavy (non-hydrogen) atoms. The van der Waals surface area contributed by atoms with Gasteiger partial charge in [-0.05, 0) is 32.1 Å². The molecule has 2 heterocycles. The number of para-hydroxylation sites is 1. The zero-order chi connectivity index (χ0) is 18.5. The van der Waals surface area contributed by atoms with E-state index in [1.54, 1.807) is 6.20 Å². The monoisotopic (exact) mass is 355 g/mol. The molecule has 138 valence electrons. The van der Waals surface area contributed by atoms with Crippen LogP contribution in [0.25, 0.3) is 21.8 Å². The predicted octanol–water partition coefficient (Wildman–Crippen LogP) is 1.73. The van der Waals surface area contributed by atoms with Crippen LogP contribution in [0.4, 0.5) is 0 Å². The molecule has 3 rings (SSSR count). The topological polar surface area (TPSA) is 83.0 Å². The van der Waals surface area contributed by atoms with E-state index in [0.29, 0.717) is 12.1 Å². The van der Waals surface area contributed by atoms with Crippen molar-refractivity contribution in [1.29, 1.82) is 0 Å². The molecular formula is C19H25N5O2. The van der Waals surface area contributed by atoms with Crippen molar-refractivity contribution in [2.24, 2.45) is 0 Å². The number of aromatic nitrogens is 3. The molecule has 0 saturated heterocycles. The van der Waals surface area contributed by atoms with Gasteiger partial charge in [0.15, 0.2) is 0 Å². The van der Waals surface area contributed by atoms with Crippen LogP contribution in [0, 0.1) is 0 Å². The minimum atomic E-state index is -0.281. The van der Waals surface area contributed by atoms with E-state index in [-0.39, 0.29) is 18.0 Å². The molecule has 1 aromatic carbocycles. The van der Waals surface area contributed by atoms with Crippen LogP contribution >= 0.6 is 0 Å². The van der Waals surface area contributed by atoms with Gasteiger partial charge in [0, 0.05) is 22.8 Å². The van der Waals surface area contributed by atoms with Gasteiger partial charge in [0.25, 0.3) is 5.56 Å². The number of nitrogens with one attached hydrogen (secondary N) is 2. The fourth-order valence-electron chi connectivity index (χ4n) is 3.15. The third-order valence-electron chi connectivity index (χ3n) is 4.68. The van der Waals surface area contributed by atoms with Crippen LogP contribution in [0.1, 0.15) is 20.3 Å². The minimum absolute atomic E-state index is 0.0740. The Morgan fingerprint density at radius 2 is 2.00 bits per heavy atom. The van der Waals surface area contributed by atoms with Crippen LogP contribution < -0.4 is 10.9 Å². The highest BCUT2D eigenvalue weighted by atomic mass is 16.2. The Morgan fingerprint density at radius 3 is 2.77 bits per heavy atom. The summed E-state index contributed by atoms with van der Waals surface area (Å²) >= 11 is 0. The molecule has 0 aliphatic carbocycles. The SMILES string of the molecule is CCN(CC)CCCNC(=O)Cn1ncc2c([nH]c3ccccc32)c1=O. The van der Waals surface area contributed by atoms with Gasteiger partial charge in [-0.25, -0.2) is 4.68 Å². The molecule has 0 radical (unpaired) electrons. The predicted molar refractivity (Wildman–Crippen MR) is 103 cm³/mol. The first-order valence-electron chi connectivity index (χ1n) is 9.09. The number of amides is 1. The molecule has 7 nitrogen and oxygen atoms in total. The van der Waals surface area contributed by atoms with Crippen molar-refractivity contribution < 1.29 is 4.79 Å². The lowest BCUT2D eigenvalue weighted by molar-refractivity contribution is -0.121. The Labute approximate surface area is 152 Å². The molecule has 0 saturated carbocycles. The van der Waals surface area contributed by atoms with Crippen LogP contribution in [-0.2, 0) is 11.3 Å². The molecule has 0 atom stereocenters. The second-order valence-electron chi connectivity index (χ2n) is 6.30. The highest BCUT2D eigenvalue weighted by molar-refractivity contribution is 6.06. The molecule has 2 N–H and O–H groups in total. The summed E-state index contributed by atoms with van der Waals surface area (Å²) < 4.78 is 1.21. The summed E-state index contributed by atoms with van der Waals surface area (Å²) in [5.74, 6) is -0.199. The van der Waals surface area contributed by atoms with Crippen molar-refractivity contribution >= 4 is 27.7 Å². The number of carbonyl (C=O) groups is 1. The minimum Gasteiger partial charge on any atom is -0.354 e. The van der Waals surface area contributed by atoms with E-state index in [1.807, 2.05) is 24.3 Å². The van der Waals surface area contributed by atoms with E-state index in [9.17, 15) is 9.59 Å². The second kappa shape index (κ2) is 8.14. The third-order valence-corrected chi connectivity index (χ3v) is 4.68. The number of aromatic amines is 1. The highest BCUT2D eigenvalue weighted by Crippen LogP contribution is 2.21. The summed E-state index contributed by atoms with van der Waals surface area (Å²) in [5, 5.41) is 8.77. The van der Waals surface area contributed by atoms with Gasteiger partial charge < -0.3 is 15.2 Å². The quantitative estimate of drug-likeness (QED) is 0.603. The molecule has 2 aromatic heterocycles. The fraction of sp³-hybridized carbons (Fsp3) is 0.421. The van der Waals surface area contributed by atoms with Crippen molar-refractivity contribution in [3.05, 3.63) is 40.8 Å². The van der Waals surface area contributed by atoms with Crippen molar-refractivity contribution in [2.75, 3.05) is 26.2 Å². The highest BCUT2D eigenvalue weighted by Gasteiger charge is 2.12. The van der Waals surface area contributed by atoms with Crippen LogP contribution in [0.15, 0.2) is 35.3 Å². The first-order chi connectivity index (χ1) is 12.6. The molecule has 0 unspecified atom stereocenters. The molecule has 0 aliphatic heterocycles. The summed E-state index contributed by atoms with van der Waals surface area (Å²) in [6.45, 7) is 7.74. The maximum absolute atomic E-state index is 12.6. The molecule has 0 spiro atoms. The second-order valence-corrected chi connectivity index (χ2v) is 6.30. The van der Waals surface area contributed by atoms with E-state index in [4.69, 9.17) is 0 Å². The van der Waals surface area contributed by atoms with Crippen molar-refractivity contribution in [2.45, 2.75) is 26.8 Å². The number of H-pyrrole nitrogens is 1. The van der Waals surface area contributed by atoms with Crippen molar-refractivity contribution in [3.8, 4) is 0 Å². The number of nitrogens with zero attached hydrogens (tertiary/aromatic N) is 3. The van der Waals surface area contributed by atoms with Gasteiger partial charge in [-0.3, -0.25) is 9.59 Å². The molecule has 3 aromatic rings. The van der Waals surface area contributed by atoms with Crippen LogP contribution in [0.3, 0.4) is 0 Å². The summed E-state index contributed by atoms with van der Waals surface area (Å²) in [6, 6.07) is 7.70. The lowest BCUT2D eigenvalue weighted by Crippen LogP contribution is -2.35. The van der Waals surface area contributed by atoms with E-state index >= 15 is 0 Å². The number of hydrogen-bond donors (Lipinski definition) is 2. The maximum Gasteiger partial charge on any atom is 0.291 e. The van der Waals surface area contributed by atoms with E-state index in [2.05, 4.69) is 34.1 Å². The third kappa shape index (κ3) is 3.77. The van der Waals surface area contributed by atoms with Crippen molar-refractivity contribution in [1.82, 2.24) is 25.0 Å². The smallest absolute Gasteiger partial charge is 0.291 e. The lowest BCUT2D eigenvalue weighted by atomic mass is 10.2. The Balaban J connectivity index is 1.65. The van der Waals surface area contributed by atoms with Crippen LogP contribution in [0.5, 0.6) is 0 Å². The van der Waals surface area contributed by atoms with Gasteiger partial charge in [-0.1, -0.05) is 32.0 Å². The van der Waals surface area contributed by atoms with Crippen LogP contribution in [-0.4, -0.2) is 51.8 Å². The van der Waals surface area contributed by atoms with Gasteiger partial charge in [-0.2, -0.15) is 5.10 Å². The van der Waals surface area contributed by atoms with Gasteiger partial charge in [0.1, 0.15) is 12.1 Å². The van der Waals surface area contributed by atoms with Gasteiger partial charge in [0.2, 0.25) is 5.91 Å². The van der Waals surface area contributed by atoms with E-state index in [0.717, 1.165) is 42.3 Å². The summed E-state index contributed by atoms with van der Waals surface area (Å²) in [4.78, 5) is 30.2. The molecule has 0 bridgehead atoms. The fourth-order valence-corrected chi connectivity index (χ4v) is 3.15. The lowest BCUT2D eigenvalue weighted by Gasteiger charge is -2.17. The molecule has 1 amide bonds. The number of carbonyl (C=O) groups excluding carboxylic acids is 1. The molecule has 7 heteroatoms. The Kier molecular flexibility index (Phi) is 5.68. The summed E-state index contributed by atoms with van der Waals surface area (Å²) in [5.41, 5.74) is 1.09. The van der Waals surface area contributed by atoms with E-state index in [1.165, 1.54) is 4.68 Å². The number of fused-ring (bicyclic) bond motifs is 3. The standard InChI is InChI=1S/C19H25N5O2/c1-3-23(4-2)11-7-10-20-17(25)13-24-19(26)18-15(12-21-24)14-8-5-6-9-16(14)22-18/h5-6,8-9,12,22H,3-4,7,10-11,13H2,1-2H3,(H,20,25). The van der Waals surface area contributed by atoms with Gasteiger partial charge in [-0.15, -0.1) is 0 Å². The van der Waals surface area contributed by atoms with Crippen molar-refractivity contribution in [3.63, 3.8) is 0 Å².